The van der Waals surface area contributed by atoms with Crippen LogP contribution in [0.3, 0.4) is 0 Å². The highest BCUT2D eigenvalue weighted by molar-refractivity contribution is 7.81. The Labute approximate surface area is 817 Å². The van der Waals surface area contributed by atoms with Crippen LogP contribution in [0.4, 0.5) is 29.8 Å². The fourth-order valence-corrected chi connectivity index (χ4v) is 17.5. The Morgan fingerprint density at radius 2 is 0.515 bits per heavy atom. The molecule has 136 heavy (non-hydrogen) atoms. The third-order valence-corrected chi connectivity index (χ3v) is 25.4. The van der Waals surface area contributed by atoms with Gasteiger partial charge in [0.15, 0.2) is 20.4 Å². The van der Waals surface area contributed by atoms with E-state index < -0.39 is 102 Å². The van der Waals surface area contributed by atoms with E-state index in [2.05, 4.69) is 42.5 Å². The highest BCUT2D eigenvalue weighted by Crippen LogP contribution is 2.24. The molecule has 0 aromatic heterocycles. The fourth-order valence-electron chi connectivity index (χ4n) is 15.8. The Kier molecular flexibility index (Phi) is 49.0. The Morgan fingerprint density at radius 1 is 0.301 bits per heavy atom. The number of anilines is 4. The van der Waals surface area contributed by atoms with Crippen LogP contribution < -0.4 is 42.5 Å². The van der Waals surface area contributed by atoms with Crippen LogP contribution in [-0.2, 0) is 98.4 Å². The summed E-state index contributed by atoms with van der Waals surface area (Å²) in [5.41, 5.74) is 7.18. The van der Waals surface area contributed by atoms with Gasteiger partial charge in [0, 0.05) is 206 Å². The molecule has 744 valence electrons. The number of carboxylic acid groups (broad SMARTS) is 8. The van der Waals surface area contributed by atoms with E-state index in [1.807, 2.05) is 117 Å². The van der Waals surface area contributed by atoms with Crippen molar-refractivity contribution in [3.63, 3.8) is 0 Å². The third-order valence-electron chi connectivity index (χ3n) is 22.4. The zero-order chi connectivity index (χ0) is 99.5. The number of halogens is 2. The average Bonchev–Trinajstić information content (AvgIpc) is 1.63. The van der Waals surface area contributed by atoms with Crippen LogP contribution in [0.5, 0.6) is 0 Å². The number of aliphatic carboxylic acids is 8. The molecule has 8 unspecified atom stereocenters. The number of carboxylic acids is 8. The number of carbonyl (C=O) groups is 12. The molecule has 6 fully saturated rings. The zero-order valence-corrected chi connectivity index (χ0v) is 81.6. The van der Waals surface area contributed by atoms with Gasteiger partial charge in [-0.1, -0.05) is 48.5 Å². The number of carbonyl (C=O) groups excluding carboxylic acids is 4. The van der Waals surface area contributed by atoms with E-state index >= 15 is 0 Å². The Balaban J connectivity index is 0.000000247. The summed E-state index contributed by atoms with van der Waals surface area (Å²) in [6, 6.07) is 29.6. The Morgan fingerprint density at radius 3 is 0.765 bits per heavy atom. The van der Waals surface area contributed by atoms with E-state index in [0.717, 1.165) is 45.0 Å². The molecule has 4 bridgehead atoms. The van der Waals surface area contributed by atoms with E-state index in [1.165, 1.54) is 0 Å². The molecule has 0 saturated carbocycles. The molecule has 52 heteroatoms. The molecule has 6 aliphatic rings. The van der Waals surface area contributed by atoms with Gasteiger partial charge in [-0.05, 0) is 145 Å². The van der Waals surface area contributed by atoms with Crippen LogP contribution in [0.15, 0.2) is 97.1 Å². The van der Waals surface area contributed by atoms with E-state index in [-0.39, 0.29) is 103 Å². The lowest BCUT2D eigenvalue weighted by atomic mass is 10.0. The normalized spacial score (nSPS) is 21.4. The smallest absolute Gasteiger partial charge is 0.558 e. The van der Waals surface area contributed by atoms with Gasteiger partial charge in [-0.2, -0.15) is 0 Å². The van der Waals surface area contributed by atoms with Gasteiger partial charge >= 0.3 is 78.3 Å². The van der Waals surface area contributed by atoms with Crippen LogP contribution in [0.2, 0.25) is 0 Å². The standard InChI is InChI=1S/4C21H31N5O6S.2Al.2FH/c4*1-22-21(33)23-16-4-2-15(3-5-16)10-17-11-25(13-19(29)30)7-6-24(12-18(27)28)8-9-26(17)14-20(31)32;;;;/h4*2-5,17H,6-14H2,1H3,(H,27,28)(H,29,30)(H,31,32)(H2,22,23,33);;;2*1H/q;;;;2*+3;;/p-6/i;;;;;;2*1-1. The van der Waals surface area contributed by atoms with E-state index in [0.29, 0.717) is 177 Å². The number of benzene rings is 4. The first-order valence-corrected chi connectivity index (χ1v) is 48.0. The first-order valence-electron chi connectivity index (χ1n) is 43.6. The van der Waals surface area contributed by atoms with Crippen LogP contribution in [0, 0.1) is 0 Å². The summed E-state index contributed by atoms with van der Waals surface area (Å²) in [7, 11) is 6.89. The number of hydrogen-bond donors (Lipinski definition) is 16. The minimum absolute atomic E-state index is 0.163. The second kappa shape index (κ2) is 59.1. The summed E-state index contributed by atoms with van der Waals surface area (Å²) in [5.74, 6) is -11.1. The van der Waals surface area contributed by atoms with Crippen LogP contribution in [-0.4, -0.2) is 484 Å². The largest absolute Gasteiger partial charge is 1.15 e. The van der Waals surface area contributed by atoms with Crippen molar-refractivity contribution >= 4 is 194 Å². The SMILES string of the molecule is CNC(=S)Nc1ccc(CC2CN(CC(=O)O)CCN(CC(=O)O)CCN2CC(=O)O)cc1.CNC(=S)Nc1ccc(CC2CN(CC(=O)O)CCN(CC(=O)O)CCN2CC(=O)O)cc1.CNC(=S)Nc1ccc(CC2CN3CCN(CC(=O)O)CCN2CC(=O)[O][Al]([18F])[O]C(=O)C3)cc1.CNC(=S)Nc1ccc(CC2CN3CCN(CC(=O)O)CCN2CC(=O)[O][Al]([18F])[O]C(=O)C3)cc1. The molecule has 0 amide bonds. The van der Waals surface area contributed by atoms with Crippen molar-refractivity contribution in [2.75, 3.05) is 259 Å². The molecule has 4 aromatic carbocycles. The van der Waals surface area contributed by atoms with Crippen molar-refractivity contribution in [1.82, 2.24) is 80.1 Å². The van der Waals surface area contributed by atoms with Crippen LogP contribution >= 0.6 is 48.9 Å². The molecular formula is C84H120Al2F2N20O24S4. The summed E-state index contributed by atoms with van der Waals surface area (Å²) < 4.78 is 47.1. The highest BCUT2D eigenvalue weighted by Gasteiger charge is 2.46. The van der Waals surface area contributed by atoms with Crippen molar-refractivity contribution in [3.05, 3.63) is 119 Å². The summed E-state index contributed by atoms with van der Waals surface area (Å²) >= 11 is 12.6. The van der Waals surface area contributed by atoms with Gasteiger partial charge in [0.1, 0.15) is 0 Å². The number of nitrogens with zero attached hydrogens (tertiary/aromatic N) is 12. The summed E-state index contributed by atoms with van der Waals surface area (Å²) in [5, 5.41) is 100. The molecule has 4 aromatic rings. The number of fused-ring (bicyclic) bond motifs is 6. The summed E-state index contributed by atoms with van der Waals surface area (Å²) in [4.78, 5) is 162. The van der Waals surface area contributed by atoms with Gasteiger partial charge in [-0.25, -0.2) is 0 Å². The predicted octanol–water partition coefficient (Wildman–Crippen LogP) is -1.48. The lowest BCUT2D eigenvalue weighted by Crippen LogP contribution is -2.49. The molecule has 10 rings (SSSR count). The van der Waals surface area contributed by atoms with Gasteiger partial charge in [0.25, 0.3) is 23.9 Å². The van der Waals surface area contributed by atoms with Crippen LogP contribution in [0.25, 0.3) is 0 Å². The zero-order valence-electron chi connectivity index (χ0n) is 76.0. The average molecular weight is 2010 g/mol. The lowest BCUT2D eigenvalue weighted by Gasteiger charge is -2.33. The molecule has 16 N–H and O–H groups in total. The molecule has 0 aliphatic carbocycles. The molecule has 0 radical (unpaired) electrons. The minimum atomic E-state index is -3.93. The van der Waals surface area contributed by atoms with E-state index in [1.54, 1.807) is 67.4 Å². The quantitative estimate of drug-likeness (QED) is 0.0228. The highest BCUT2D eigenvalue weighted by atomic mass is 32.1. The summed E-state index contributed by atoms with van der Waals surface area (Å²) in [6.07, 6.45) is 2.12. The predicted molar refractivity (Wildman–Crippen MR) is 514 cm³/mol. The maximum Gasteiger partial charge on any atom is 1.15 e. The number of nitrogens with one attached hydrogen (secondary N) is 8. The van der Waals surface area contributed by atoms with Crippen molar-refractivity contribution < 1.29 is 121 Å². The molecule has 6 heterocycles. The third kappa shape index (κ3) is 44.0. The van der Waals surface area contributed by atoms with Gasteiger partial charge in [0.2, 0.25) is 0 Å². The topological polar surface area (TPSA) is 539 Å². The van der Waals surface area contributed by atoms with E-state index in [4.69, 9.17) is 64.0 Å². The molecule has 44 nitrogen and oxygen atoms in total. The monoisotopic (exact) mass is 2010 g/mol. The van der Waals surface area contributed by atoms with Crippen molar-refractivity contribution in [1.29, 1.82) is 0 Å². The first kappa shape index (κ1) is 113. The van der Waals surface area contributed by atoms with Gasteiger partial charge in [-0.3, -0.25) is 116 Å². The first-order chi connectivity index (χ1) is 64.7. The number of thiocarbonyl (C=S) groups is 4. The molecular weight excluding hydrogens is 1890 g/mol. The minimum Gasteiger partial charge on any atom is -0.558 e. The number of hydrogen-bond acceptors (Lipinski definition) is 32. The van der Waals surface area contributed by atoms with Crippen molar-refractivity contribution in [3.8, 4) is 0 Å². The molecule has 6 aliphatic heterocycles. The fraction of sp³-hybridized carbons (Fsp3) is 0.524. The second-order valence-electron chi connectivity index (χ2n) is 32.6. The van der Waals surface area contributed by atoms with Gasteiger partial charge in [0.05, 0.1) is 78.5 Å². The van der Waals surface area contributed by atoms with E-state index in [9.17, 15) is 105 Å². The van der Waals surface area contributed by atoms with Crippen molar-refractivity contribution in [2.24, 2.45) is 0 Å². The second-order valence-corrected chi connectivity index (χ2v) is 36.3. The lowest BCUT2D eigenvalue weighted by molar-refractivity contribution is -0.144. The summed E-state index contributed by atoms with van der Waals surface area (Å²) in [6.45, 7) is 5.39. The molecule has 0 spiro atoms. The maximum absolute atomic E-state index is 14.1. The maximum atomic E-state index is 14.1. The van der Waals surface area contributed by atoms with Gasteiger partial charge in [-0.15, -0.1) is 0 Å². The molecule has 6 saturated heterocycles. The Bertz CT molecular complexity index is 4380. The van der Waals surface area contributed by atoms with Gasteiger partial charge < -0.3 is 106 Å². The number of rotatable bonds is 28. The molecule has 8 atom stereocenters. The Hall–Kier alpha value is -10.3. The van der Waals surface area contributed by atoms with Crippen molar-refractivity contribution in [2.45, 2.75) is 49.9 Å². The van der Waals surface area contributed by atoms with Crippen LogP contribution in [0.1, 0.15) is 22.3 Å².